The number of aromatic hydroxyl groups is 1. The maximum absolute atomic E-state index is 8.94. The van der Waals surface area contributed by atoms with Crippen molar-refractivity contribution < 1.29 is 34.7 Å². The Kier molecular flexibility index (Phi) is 12.4. The minimum absolute atomic E-state index is 0. The Morgan fingerprint density at radius 3 is 1.64 bits per heavy atom. The molecule has 0 aliphatic heterocycles. The largest absolute Gasteiger partial charge is 1.00 e. The first kappa shape index (κ1) is 22.7. The maximum Gasteiger partial charge on any atom is 1.00 e. The summed E-state index contributed by atoms with van der Waals surface area (Å²) in [5.74, 6) is 0.345. The zero-order valence-corrected chi connectivity index (χ0v) is 15.8. The molecule has 114 valence electrons. The van der Waals surface area contributed by atoms with Gasteiger partial charge in [-0.15, -0.1) is 5.34 Å². The molecule has 22 heavy (non-hydrogen) atoms. The molecule has 0 fully saturated rings. The number of anilines is 1. The molecule has 5 nitrogen and oxygen atoms in total. The zero-order valence-electron chi connectivity index (χ0n) is 13.8. The van der Waals surface area contributed by atoms with Crippen LogP contribution in [0.25, 0.3) is 0 Å². The normalized spacial score (nSPS) is 8.36. The summed E-state index contributed by atoms with van der Waals surface area (Å²) in [7, 11) is 0. The van der Waals surface area contributed by atoms with E-state index in [9.17, 15) is 0 Å². The van der Waals surface area contributed by atoms with E-state index < -0.39 is 0 Å². The Bertz CT molecular complexity index is 540. The van der Waals surface area contributed by atoms with Gasteiger partial charge in [-0.2, -0.15) is 0 Å². The predicted octanol–water partition coefficient (Wildman–Crippen LogP) is 1.15. The second-order valence-corrected chi connectivity index (χ2v) is 4.69. The molecule has 0 spiro atoms. The number of hydrogen-bond acceptors (Lipinski definition) is 5. The summed E-state index contributed by atoms with van der Waals surface area (Å²) >= 11 is 0. The molecule has 0 aliphatic carbocycles. The summed E-state index contributed by atoms with van der Waals surface area (Å²) in [6, 6.07) is 11.3. The molecular weight excluding hydrogens is 291 g/mol. The molecule has 2 aromatic rings. The molecule has 3 N–H and O–H groups in total. The van der Waals surface area contributed by atoms with Crippen molar-refractivity contribution in [2.75, 3.05) is 5.73 Å². The van der Waals surface area contributed by atoms with Crippen LogP contribution >= 0.6 is 0 Å². The van der Waals surface area contributed by atoms with Crippen LogP contribution in [-0.4, -0.2) is 5.11 Å². The molecule has 0 unspecified atom stereocenters. The van der Waals surface area contributed by atoms with Crippen molar-refractivity contribution in [3.8, 4) is 5.75 Å². The van der Waals surface area contributed by atoms with Crippen LogP contribution in [0, 0.1) is 37.8 Å². The third-order valence-electron chi connectivity index (χ3n) is 3.02. The second-order valence-electron chi connectivity index (χ2n) is 4.69. The van der Waals surface area contributed by atoms with E-state index in [0.717, 1.165) is 16.6 Å². The summed E-state index contributed by atoms with van der Waals surface area (Å²) < 4.78 is 0. The summed E-state index contributed by atoms with van der Waals surface area (Å²) in [4.78, 5) is 8.00. The van der Waals surface area contributed by atoms with Crippen molar-refractivity contribution in [1.82, 2.24) is 0 Å². The molecule has 2 aromatic carbocycles. The van der Waals surface area contributed by atoms with Gasteiger partial charge in [0.1, 0.15) is 5.75 Å². The minimum Gasteiger partial charge on any atom is -0.508 e. The first-order valence-electron chi connectivity index (χ1n) is 6.35. The van der Waals surface area contributed by atoms with Crippen LogP contribution in [0.5, 0.6) is 5.75 Å². The number of hydrogen-bond donors (Lipinski definition) is 2. The van der Waals surface area contributed by atoms with E-state index in [2.05, 4.69) is 13.8 Å². The maximum atomic E-state index is 8.94. The molecule has 0 saturated carbocycles. The summed E-state index contributed by atoms with van der Waals surface area (Å²) in [6.07, 6.45) is 0. The van der Waals surface area contributed by atoms with Gasteiger partial charge >= 0.3 is 29.6 Å². The van der Waals surface area contributed by atoms with Crippen LogP contribution < -0.4 is 35.3 Å². The molecule has 0 aromatic heterocycles. The molecule has 0 heterocycles. The Balaban J connectivity index is 0. The quantitative estimate of drug-likeness (QED) is 0.330. The smallest absolute Gasteiger partial charge is 0.508 e. The van der Waals surface area contributed by atoms with E-state index in [1.807, 2.05) is 38.1 Å². The fourth-order valence-electron chi connectivity index (χ4n) is 1.49. The van der Waals surface area contributed by atoms with E-state index in [4.69, 9.17) is 21.0 Å². The number of nitrogens with two attached hydrogens (primary N) is 1. The van der Waals surface area contributed by atoms with Gasteiger partial charge < -0.3 is 21.0 Å². The Morgan fingerprint density at radius 1 is 0.909 bits per heavy atom. The van der Waals surface area contributed by atoms with Gasteiger partial charge in [0.25, 0.3) is 0 Å². The first-order chi connectivity index (χ1) is 9.81. The van der Waals surface area contributed by atoms with E-state index in [1.165, 1.54) is 16.7 Å². The Labute approximate surface area is 153 Å². The molecule has 0 amide bonds. The number of benzene rings is 2. The average Bonchev–Trinajstić information content (AvgIpc) is 2.41. The van der Waals surface area contributed by atoms with Gasteiger partial charge in [0.15, 0.2) is 0 Å². The van der Waals surface area contributed by atoms with Crippen LogP contribution in [-0.2, 0) is 0 Å². The van der Waals surface area contributed by atoms with Crippen LogP contribution in [0.15, 0.2) is 41.7 Å². The standard InChI is InChI=1S/C8H11N.C8H10O.HNO2.Na/c2*1-6-3-4-8(9)5-7(6)2;2-1-3;/h3-5H,9H2,1-2H3;3-5,9H,1-2H3;(H,2,3);/q;;;+1/p-1. The van der Waals surface area contributed by atoms with Gasteiger partial charge in [-0.3, -0.25) is 0 Å². The van der Waals surface area contributed by atoms with E-state index in [-0.39, 0.29) is 29.6 Å². The fraction of sp³-hybridized carbons (Fsp3) is 0.250. The number of nitrogen functional groups attached to an aromatic ring is 1. The van der Waals surface area contributed by atoms with Gasteiger partial charge in [0, 0.05) is 5.69 Å². The van der Waals surface area contributed by atoms with Crippen molar-refractivity contribution in [3.63, 3.8) is 0 Å². The van der Waals surface area contributed by atoms with Gasteiger partial charge in [0.2, 0.25) is 0 Å². The molecule has 0 saturated heterocycles. The van der Waals surface area contributed by atoms with Gasteiger partial charge in [-0.1, -0.05) is 12.1 Å². The van der Waals surface area contributed by atoms with Crippen molar-refractivity contribution in [3.05, 3.63) is 68.8 Å². The monoisotopic (exact) mass is 312 g/mol. The number of phenols is 1. The molecule has 6 heteroatoms. The predicted molar refractivity (Wildman–Crippen MR) is 87.1 cm³/mol. The van der Waals surface area contributed by atoms with Crippen molar-refractivity contribution in [1.29, 1.82) is 0 Å². The molecule has 0 aliphatic rings. The average molecular weight is 312 g/mol. The van der Waals surface area contributed by atoms with E-state index in [0.29, 0.717) is 5.75 Å². The topological polar surface area (TPSA) is 98.7 Å². The molecule has 0 bridgehead atoms. The van der Waals surface area contributed by atoms with Crippen LogP contribution in [0.2, 0.25) is 0 Å². The van der Waals surface area contributed by atoms with E-state index in [1.54, 1.807) is 12.1 Å². The third-order valence-corrected chi connectivity index (χ3v) is 3.02. The third kappa shape index (κ3) is 9.39. The number of phenolic OH excluding ortho intramolecular Hbond substituents is 1. The summed E-state index contributed by atoms with van der Waals surface area (Å²) in [5, 5.41) is 17.9. The number of nitrogens with zero attached hydrogens (tertiary/aromatic N) is 1. The number of rotatable bonds is 0. The SMILES string of the molecule is Cc1ccc(N)cc1C.Cc1ccc(O)cc1C.O=N[O-].[Na+]. The van der Waals surface area contributed by atoms with Crippen molar-refractivity contribution in [2.24, 2.45) is 5.34 Å². The Hall–Kier alpha value is -1.56. The fourth-order valence-corrected chi connectivity index (χ4v) is 1.49. The number of aryl methyl sites for hydroxylation is 4. The Morgan fingerprint density at radius 2 is 1.32 bits per heavy atom. The van der Waals surface area contributed by atoms with Gasteiger partial charge in [0.05, 0.1) is 0 Å². The van der Waals surface area contributed by atoms with E-state index >= 15 is 0 Å². The van der Waals surface area contributed by atoms with Crippen LogP contribution in [0.4, 0.5) is 5.69 Å². The molecule has 0 radical (unpaired) electrons. The zero-order chi connectivity index (χ0) is 16.4. The first-order valence-corrected chi connectivity index (χ1v) is 6.35. The van der Waals surface area contributed by atoms with Crippen molar-refractivity contribution in [2.45, 2.75) is 27.7 Å². The van der Waals surface area contributed by atoms with Gasteiger partial charge in [-0.25, -0.2) is 0 Å². The summed E-state index contributed by atoms with van der Waals surface area (Å²) in [5.41, 5.74) is 11.3. The minimum atomic E-state index is 0. The molecule has 2 rings (SSSR count). The summed E-state index contributed by atoms with van der Waals surface area (Å²) in [6.45, 7) is 8.14. The molecular formula is C16H21N2NaO3. The molecule has 0 atom stereocenters. The van der Waals surface area contributed by atoms with Crippen molar-refractivity contribution >= 4 is 5.69 Å². The van der Waals surface area contributed by atoms with Crippen LogP contribution in [0.1, 0.15) is 22.3 Å². The van der Waals surface area contributed by atoms with Crippen LogP contribution in [0.3, 0.4) is 0 Å². The van der Waals surface area contributed by atoms with Gasteiger partial charge in [-0.05, 0) is 74.2 Å². The second kappa shape index (κ2) is 12.0.